The fraction of sp³-hybridized carbons (Fsp3) is 0.632. The molecule has 0 amide bonds. The second-order valence-corrected chi connectivity index (χ2v) is 5.97. The van der Waals surface area contributed by atoms with Crippen molar-refractivity contribution in [2.45, 2.75) is 51.0 Å². The molecule has 0 aliphatic carbocycles. The molecule has 0 spiro atoms. The Morgan fingerprint density at radius 3 is 2.36 bits per heavy atom. The lowest BCUT2D eigenvalue weighted by Gasteiger charge is -2.14. The average Bonchev–Trinajstić information content (AvgIpc) is 2.65. The average molecular weight is 356 g/mol. The number of ether oxygens (including phenoxy) is 3. The van der Waals surface area contributed by atoms with Gasteiger partial charge < -0.3 is 19.3 Å². The largest absolute Gasteiger partial charge is 0.497 e. The second-order valence-electron chi connectivity index (χ2n) is 5.97. The highest BCUT2D eigenvalue weighted by Gasteiger charge is 2.19. The van der Waals surface area contributed by atoms with Gasteiger partial charge in [0.2, 0.25) is 0 Å². The zero-order valence-corrected chi connectivity index (χ0v) is 15.3. The maximum absolute atomic E-state index is 12.2. The summed E-state index contributed by atoms with van der Waals surface area (Å²) in [6.45, 7) is -0.673. The summed E-state index contributed by atoms with van der Waals surface area (Å²) in [6, 6.07) is 3.51. The summed E-state index contributed by atoms with van der Waals surface area (Å²) >= 11 is 0. The number of halogens is 1. The van der Waals surface area contributed by atoms with E-state index in [-0.39, 0.29) is 0 Å². The van der Waals surface area contributed by atoms with Crippen molar-refractivity contribution < 1.29 is 28.5 Å². The van der Waals surface area contributed by atoms with Crippen molar-refractivity contribution in [1.82, 2.24) is 0 Å². The minimum Gasteiger partial charge on any atom is -0.497 e. The van der Waals surface area contributed by atoms with E-state index >= 15 is 0 Å². The Balaban J connectivity index is 2.60. The minimum absolute atomic E-state index is 0.422. The molecule has 0 aliphatic heterocycles. The number of carbonyl (C=O) groups is 1. The zero-order chi connectivity index (χ0) is 18.7. The van der Waals surface area contributed by atoms with Crippen LogP contribution in [0.4, 0.5) is 4.39 Å². The number of carbonyl (C=O) groups excluding carboxylic acids is 1. The van der Waals surface area contributed by atoms with Gasteiger partial charge in [0.15, 0.2) is 0 Å². The Kier molecular flexibility index (Phi) is 9.92. The Labute approximate surface area is 149 Å². The first-order valence-electron chi connectivity index (χ1n) is 8.64. The van der Waals surface area contributed by atoms with Crippen LogP contribution in [0.2, 0.25) is 0 Å². The number of methoxy groups -OCH3 is 3. The smallest absolute Gasteiger partial charge is 0.341 e. The number of aliphatic hydroxyl groups excluding tert-OH is 1. The molecule has 1 aromatic carbocycles. The molecule has 0 aliphatic rings. The van der Waals surface area contributed by atoms with E-state index in [1.807, 2.05) is 6.07 Å². The number of aryl methyl sites for hydroxylation is 1. The number of alkyl halides is 1. The number of aliphatic hydroxyl groups is 1. The molecule has 0 saturated heterocycles. The summed E-state index contributed by atoms with van der Waals surface area (Å²) in [6.07, 6.45) is 5.09. The summed E-state index contributed by atoms with van der Waals surface area (Å²) in [5.74, 6) is 0.663. The van der Waals surface area contributed by atoms with Crippen LogP contribution in [-0.2, 0) is 11.2 Å². The molecule has 1 N–H and O–H groups in total. The van der Waals surface area contributed by atoms with E-state index < -0.39 is 18.7 Å². The third-order valence-electron chi connectivity index (χ3n) is 4.16. The van der Waals surface area contributed by atoms with Crippen molar-refractivity contribution in [3.63, 3.8) is 0 Å². The molecule has 0 radical (unpaired) electrons. The highest BCUT2D eigenvalue weighted by atomic mass is 19.1. The molecule has 5 nitrogen and oxygen atoms in total. The quantitative estimate of drug-likeness (QED) is 0.457. The van der Waals surface area contributed by atoms with Crippen molar-refractivity contribution in [3.05, 3.63) is 23.3 Å². The van der Waals surface area contributed by atoms with E-state index in [0.29, 0.717) is 29.9 Å². The van der Waals surface area contributed by atoms with Gasteiger partial charge in [0.1, 0.15) is 23.7 Å². The van der Waals surface area contributed by atoms with E-state index in [0.717, 1.165) is 37.7 Å². The second kappa shape index (κ2) is 11.7. The maximum atomic E-state index is 12.2. The van der Waals surface area contributed by atoms with Gasteiger partial charge in [-0.15, -0.1) is 0 Å². The van der Waals surface area contributed by atoms with Crippen molar-refractivity contribution in [1.29, 1.82) is 0 Å². The SMILES string of the molecule is COC(=O)c1c(CCCCCCCC(O)CF)cc(OC)cc1OC. The minimum atomic E-state index is -0.827. The van der Waals surface area contributed by atoms with E-state index in [1.165, 1.54) is 14.2 Å². The Morgan fingerprint density at radius 2 is 1.76 bits per heavy atom. The van der Waals surface area contributed by atoms with Gasteiger partial charge in [-0.1, -0.05) is 25.7 Å². The van der Waals surface area contributed by atoms with Gasteiger partial charge >= 0.3 is 5.97 Å². The molecule has 142 valence electrons. The molecule has 0 aromatic heterocycles. The third-order valence-corrected chi connectivity index (χ3v) is 4.16. The Bertz CT molecular complexity index is 533. The topological polar surface area (TPSA) is 65.0 Å². The van der Waals surface area contributed by atoms with Gasteiger partial charge in [0.25, 0.3) is 0 Å². The molecule has 0 heterocycles. The van der Waals surface area contributed by atoms with Crippen LogP contribution in [0.5, 0.6) is 11.5 Å². The summed E-state index contributed by atoms with van der Waals surface area (Å²) in [7, 11) is 4.43. The van der Waals surface area contributed by atoms with Gasteiger partial charge in [-0.05, 0) is 30.9 Å². The predicted molar refractivity (Wildman–Crippen MR) is 94.3 cm³/mol. The van der Waals surface area contributed by atoms with Gasteiger partial charge in [0.05, 0.1) is 27.4 Å². The fourth-order valence-electron chi connectivity index (χ4n) is 2.76. The monoisotopic (exact) mass is 356 g/mol. The number of esters is 1. The zero-order valence-electron chi connectivity index (χ0n) is 15.3. The van der Waals surface area contributed by atoms with Crippen LogP contribution in [-0.4, -0.2) is 45.2 Å². The van der Waals surface area contributed by atoms with Crippen molar-refractivity contribution >= 4 is 5.97 Å². The van der Waals surface area contributed by atoms with Crippen LogP contribution in [0.1, 0.15) is 54.4 Å². The molecule has 0 saturated carbocycles. The first-order valence-corrected chi connectivity index (χ1v) is 8.64. The number of unbranched alkanes of at least 4 members (excludes halogenated alkanes) is 4. The number of hydrogen-bond acceptors (Lipinski definition) is 5. The lowest BCUT2D eigenvalue weighted by Crippen LogP contribution is -2.09. The third kappa shape index (κ3) is 6.90. The van der Waals surface area contributed by atoms with E-state index in [1.54, 1.807) is 13.2 Å². The van der Waals surface area contributed by atoms with Crippen LogP contribution in [0.25, 0.3) is 0 Å². The van der Waals surface area contributed by atoms with Crippen LogP contribution in [0.3, 0.4) is 0 Å². The number of rotatable bonds is 12. The number of benzene rings is 1. The van der Waals surface area contributed by atoms with E-state index in [4.69, 9.17) is 14.2 Å². The first-order chi connectivity index (χ1) is 12.1. The number of hydrogen-bond donors (Lipinski definition) is 1. The van der Waals surface area contributed by atoms with Crippen LogP contribution < -0.4 is 9.47 Å². The van der Waals surface area contributed by atoms with E-state index in [9.17, 15) is 14.3 Å². The predicted octanol–water partition coefficient (Wildman–Crippen LogP) is 3.70. The highest BCUT2D eigenvalue weighted by molar-refractivity contribution is 5.94. The molecule has 1 rings (SSSR count). The molecular weight excluding hydrogens is 327 g/mol. The first kappa shape index (κ1) is 21.2. The van der Waals surface area contributed by atoms with Crippen molar-refractivity contribution in [3.8, 4) is 11.5 Å². The molecular formula is C19H29FO5. The van der Waals surface area contributed by atoms with Crippen molar-refractivity contribution in [2.24, 2.45) is 0 Å². The highest BCUT2D eigenvalue weighted by Crippen LogP contribution is 2.30. The van der Waals surface area contributed by atoms with Crippen molar-refractivity contribution in [2.75, 3.05) is 28.0 Å². The fourth-order valence-corrected chi connectivity index (χ4v) is 2.76. The molecule has 1 unspecified atom stereocenters. The van der Waals surface area contributed by atoms with Gasteiger partial charge in [-0.3, -0.25) is 0 Å². The normalized spacial score (nSPS) is 11.9. The van der Waals surface area contributed by atoms with Gasteiger partial charge in [-0.25, -0.2) is 9.18 Å². The van der Waals surface area contributed by atoms with E-state index in [2.05, 4.69) is 0 Å². The van der Waals surface area contributed by atoms with Gasteiger partial charge in [0, 0.05) is 6.07 Å². The lowest BCUT2D eigenvalue weighted by atomic mass is 9.99. The lowest BCUT2D eigenvalue weighted by molar-refractivity contribution is 0.0595. The summed E-state index contributed by atoms with van der Waals surface area (Å²) in [5, 5.41) is 9.17. The Morgan fingerprint density at radius 1 is 1.08 bits per heavy atom. The summed E-state index contributed by atoms with van der Waals surface area (Å²) in [4.78, 5) is 12.1. The molecule has 1 atom stereocenters. The van der Waals surface area contributed by atoms with Crippen LogP contribution in [0, 0.1) is 0 Å². The maximum Gasteiger partial charge on any atom is 0.341 e. The molecule has 25 heavy (non-hydrogen) atoms. The molecule has 0 fully saturated rings. The standard InChI is InChI=1S/C19H29FO5/c1-23-16-11-14(18(19(22)25-3)17(12-16)24-2)9-7-5-4-6-8-10-15(21)13-20/h11-12,15,21H,4-10,13H2,1-3H3. The molecule has 6 heteroatoms. The van der Waals surface area contributed by atoms with Crippen LogP contribution in [0.15, 0.2) is 12.1 Å². The Hall–Kier alpha value is -1.82. The molecule has 0 bridgehead atoms. The van der Waals surface area contributed by atoms with Crippen LogP contribution >= 0.6 is 0 Å². The molecule has 1 aromatic rings. The van der Waals surface area contributed by atoms with Gasteiger partial charge in [-0.2, -0.15) is 0 Å². The summed E-state index contributed by atoms with van der Waals surface area (Å²) < 4.78 is 27.6. The summed E-state index contributed by atoms with van der Waals surface area (Å²) in [5.41, 5.74) is 1.28.